The number of amides is 3. The van der Waals surface area contributed by atoms with Crippen LogP contribution in [0.2, 0.25) is 0 Å². The van der Waals surface area contributed by atoms with Gasteiger partial charge < -0.3 is 43.4 Å². The van der Waals surface area contributed by atoms with E-state index in [0.29, 0.717) is 12.0 Å². The molecule has 14 heteroatoms. The van der Waals surface area contributed by atoms with Crippen molar-refractivity contribution in [3.63, 3.8) is 0 Å². The molecule has 0 saturated carbocycles. The van der Waals surface area contributed by atoms with Crippen LogP contribution >= 0.6 is 12.6 Å². The molecule has 1 aromatic carbocycles. The summed E-state index contributed by atoms with van der Waals surface area (Å²) in [4.78, 5) is 53.7. The number of guanidine groups is 1. The molecule has 0 aromatic heterocycles. The number of nitrogens with zero attached hydrogens (tertiary/aromatic N) is 1. The summed E-state index contributed by atoms with van der Waals surface area (Å²) in [5.74, 6) is -3.78. The third-order valence-electron chi connectivity index (χ3n) is 5.11. The maximum Gasteiger partial charge on any atom is 0.327 e. The molecule has 0 aliphatic heterocycles. The van der Waals surface area contributed by atoms with Gasteiger partial charge in [-0.1, -0.05) is 30.3 Å². The lowest BCUT2D eigenvalue weighted by atomic mass is 10.0. The Kier molecular flexibility index (Phi) is 13.3. The Morgan fingerprint density at radius 2 is 1.53 bits per heavy atom. The molecular formula is C22H35N7O6S. The minimum absolute atomic E-state index is 0.0547. The van der Waals surface area contributed by atoms with Crippen molar-refractivity contribution in [3.05, 3.63) is 35.9 Å². The molecule has 0 heterocycles. The molecule has 5 atom stereocenters. The number of hydrogen-bond donors (Lipinski definition) is 9. The minimum atomic E-state index is -1.28. The standard InChI is InChI=1S/C22H35N7O6S/c1-12(30)17(23)20(33)27-14(8-5-9-26-22(24)25)18(31)28-15(10-13-6-3-2-4-7-13)19(32)29-16(11-36)21(34)35/h2-4,6-7,12,14-17,30,36H,5,8-11,23H2,1H3,(H,27,33)(H,28,31)(H,29,32)(H,34,35)(H4,24,25,26). The average molecular weight is 526 g/mol. The molecule has 3 amide bonds. The van der Waals surface area contributed by atoms with Crippen LogP contribution in [0.1, 0.15) is 25.3 Å². The van der Waals surface area contributed by atoms with E-state index in [1.807, 2.05) is 0 Å². The summed E-state index contributed by atoms with van der Waals surface area (Å²) >= 11 is 3.94. The number of benzene rings is 1. The van der Waals surface area contributed by atoms with Crippen molar-refractivity contribution >= 4 is 42.3 Å². The summed E-state index contributed by atoms with van der Waals surface area (Å²) in [5.41, 5.74) is 17.0. The van der Waals surface area contributed by atoms with E-state index in [9.17, 15) is 29.4 Å². The number of hydrogen-bond acceptors (Lipinski definition) is 8. The number of carboxylic acids is 1. The van der Waals surface area contributed by atoms with Crippen LogP contribution < -0.4 is 33.2 Å². The number of aliphatic carboxylic acids is 1. The number of nitrogens with one attached hydrogen (secondary N) is 3. The van der Waals surface area contributed by atoms with Crippen LogP contribution in [0, 0.1) is 0 Å². The molecule has 1 aromatic rings. The van der Waals surface area contributed by atoms with Gasteiger partial charge in [-0.25, -0.2) is 4.79 Å². The summed E-state index contributed by atoms with van der Waals surface area (Å²) in [7, 11) is 0. The highest BCUT2D eigenvalue weighted by Gasteiger charge is 2.30. The molecule has 0 aliphatic carbocycles. The van der Waals surface area contributed by atoms with Gasteiger partial charge in [-0.2, -0.15) is 12.6 Å². The molecule has 11 N–H and O–H groups in total. The van der Waals surface area contributed by atoms with E-state index in [1.54, 1.807) is 30.3 Å². The van der Waals surface area contributed by atoms with Gasteiger partial charge in [0.15, 0.2) is 5.96 Å². The normalized spacial score (nSPS) is 14.9. The predicted octanol–water partition coefficient (Wildman–Crippen LogP) is -2.54. The molecule has 5 unspecified atom stereocenters. The third kappa shape index (κ3) is 10.9. The van der Waals surface area contributed by atoms with E-state index in [-0.39, 0.29) is 31.1 Å². The van der Waals surface area contributed by atoms with Crippen LogP contribution in [0.25, 0.3) is 0 Å². The lowest BCUT2D eigenvalue weighted by Gasteiger charge is -2.25. The largest absolute Gasteiger partial charge is 0.480 e. The lowest BCUT2D eigenvalue weighted by Crippen LogP contribution is -2.58. The monoisotopic (exact) mass is 525 g/mol. The van der Waals surface area contributed by atoms with Crippen molar-refractivity contribution in [3.8, 4) is 0 Å². The summed E-state index contributed by atoms with van der Waals surface area (Å²) < 4.78 is 0. The maximum absolute atomic E-state index is 13.2. The fourth-order valence-corrected chi connectivity index (χ4v) is 3.30. The Morgan fingerprint density at radius 3 is 2.06 bits per heavy atom. The Hall–Kier alpha value is -3.36. The van der Waals surface area contributed by atoms with E-state index in [4.69, 9.17) is 17.2 Å². The molecule has 0 spiro atoms. The van der Waals surface area contributed by atoms with Gasteiger partial charge in [0.2, 0.25) is 17.7 Å². The van der Waals surface area contributed by atoms with Crippen molar-refractivity contribution < 1.29 is 29.4 Å². The van der Waals surface area contributed by atoms with Gasteiger partial charge in [0.25, 0.3) is 0 Å². The molecule has 13 nitrogen and oxygen atoms in total. The zero-order valence-electron chi connectivity index (χ0n) is 20.0. The van der Waals surface area contributed by atoms with Crippen LogP contribution in [0.4, 0.5) is 0 Å². The molecule has 200 valence electrons. The Labute approximate surface area is 214 Å². The number of aliphatic hydroxyl groups excluding tert-OH is 1. The topological polar surface area (TPSA) is 235 Å². The van der Waals surface area contributed by atoms with Crippen molar-refractivity contribution in [2.75, 3.05) is 12.3 Å². The van der Waals surface area contributed by atoms with Gasteiger partial charge in [0, 0.05) is 18.7 Å². The third-order valence-corrected chi connectivity index (χ3v) is 5.48. The van der Waals surface area contributed by atoms with Crippen molar-refractivity contribution in [1.29, 1.82) is 0 Å². The van der Waals surface area contributed by atoms with Crippen molar-refractivity contribution in [2.24, 2.45) is 22.2 Å². The van der Waals surface area contributed by atoms with E-state index < -0.39 is 54.0 Å². The second-order valence-electron chi connectivity index (χ2n) is 8.11. The fourth-order valence-electron chi connectivity index (χ4n) is 3.05. The first-order chi connectivity index (χ1) is 17.0. The second-order valence-corrected chi connectivity index (χ2v) is 8.47. The molecule has 0 aliphatic rings. The molecule has 0 bridgehead atoms. The Balaban J connectivity index is 3.11. The summed E-state index contributed by atoms with van der Waals surface area (Å²) in [6.45, 7) is 1.51. The fraction of sp³-hybridized carbons (Fsp3) is 0.500. The lowest BCUT2D eigenvalue weighted by molar-refractivity contribution is -0.141. The van der Waals surface area contributed by atoms with E-state index >= 15 is 0 Å². The maximum atomic E-state index is 13.2. The molecule has 0 saturated heterocycles. The summed E-state index contributed by atoms with van der Waals surface area (Å²) in [6, 6.07) is 3.93. The number of thiol groups is 1. The van der Waals surface area contributed by atoms with Crippen LogP contribution in [0.5, 0.6) is 0 Å². The van der Waals surface area contributed by atoms with E-state index in [2.05, 4.69) is 33.6 Å². The van der Waals surface area contributed by atoms with Gasteiger partial charge >= 0.3 is 5.97 Å². The quantitative estimate of drug-likeness (QED) is 0.0507. The highest BCUT2D eigenvalue weighted by molar-refractivity contribution is 7.80. The van der Waals surface area contributed by atoms with E-state index in [1.165, 1.54) is 6.92 Å². The first kappa shape index (κ1) is 30.7. The number of aliphatic hydroxyl groups is 1. The van der Waals surface area contributed by atoms with Gasteiger partial charge in [-0.05, 0) is 25.3 Å². The zero-order chi connectivity index (χ0) is 27.3. The molecule has 36 heavy (non-hydrogen) atoms. The number of aliphatic imine (C=N–C) groups is 1. The molecular weight excluding hydrogens is 490 g/mol. The van der Waals surface area contributed by atoms with Crippen molar-refractivity contribution in [2.45, 2.75) is 56.5 Å². The highest BCUT2D eigenvalue weighted by Crippen LogP contribution is 2.07. The number of rotatable bonds is 15. The SMILES string of the molecule is CC(O)C(N)C(=O)NC(CCCN=C(N)N)C(=O)NC(Cc1ccccc1)C(=O)NC(CS)C(=O)O. The number of nitrogens with two attached hydrogens (primary N) is 3. The van der Waals surface area contributed by atoms with Crippen LogP contribution in [-0.2, 0) is 25.6 Å². The Bertz CT molecular complexity index is 911. The highest BCUT2D eigenvalue weighted by atomic mass is 32.1. The average Bonchev–Trinajstić information content (AvgIpc) is 2.83. The second kappa shape index (κ2) is 15.6. The van der Waals surface area contributed by atoms with Crippen LogP contribution in [-0.4, -0.2) is 82.4 Å². The molecule has 0 fully saturated rings. The van der Waals surface area contributed by atoms with Crippen LogP contribution in [0.15, 0.2) is 35.3 Å². The summed E-state index contributed by atoms with van der Waals surface area (Å²) in [5, 5.41) is 26.3. The van der Waals surface area contributed by atoms with Crippen LogP contribution in [0.3, 0.4) is 0 Å². The minimum Gasteiger partial charge on any atom is -0.480 e. The molecule has 1 rings (SSSR count). The first-order valence-electron chi connectivity index (χ1n) is 11.2. The number of carbonyl (C=O) groups excluding carboxylic acids is 3. The van der Waals surface area contributed by atoms with Gasteiger partial charge in [0.1, 0.15) is 24.2 Å². The van der Waals surface area contributed by atoms with E-state index in [0.717, 1.165) is 0 Å². The van der Waals surface area contributed by atoms with Gasteiger partial charge in [0.05, 0.1) is 6.10 Å². The van der Waals surface area contributed by atoms with Crippen molar-refractivity contribution in [1.82, 2.24) is 16.0 Å². The predicted molar refractivity (Wildman–Crippen MR) is 137 cm³/mol. The number of carboxylic acid groups (broad SMARTS) is 1. The van der Waals surface area contributed by atoms with Gasteiger partial charge in [-0.15, -0.1) is 0 Å². The summed E-state index contributed by atoms with van der Waals surface area (Å²) in [6.07, 6.45) is -0.717. The zero-order valence-corrected chi connectivity index (χ0v) is 20.9. The smallest absolute Gasteiger partial charge is 0.327 e. The number of carbonyl (C=O) groups is 4. The van der Waals surface area contributed by atoms with Gasteiger partial charge in [-0.3, -0.25) is 19.4 Å². The Morgan fingerprint density at radius 1 is 0.972 bits per heavy atom. The molecule has 0 radical (unpaired) electrons. The first-order valence-corrected chi connectivity index (χ1v) is 11.9.